The van der Waals surface area contributed by atoms with Crippen molar-refractivity contribution >= 4 is 5.96 Å². The molecule has 0 aromatic heterocycles. The van der Waals surface area contributed by atoms with Gasteiger partial charge in [0.15, 0.2) is 5.96 Å². The molecule has 4 heteroatoms. The van der Waals surface area contributed by atoms with Crippen molar-refractivity contribution in [2.24, 2.45) is 4.99 Å². The zero-order valence-corrected chi connectivity index (χ0v) is 14.8. The summed E-state index contributed by atoms with van der Waals surface area (Å²) in [5, 5.41) is 12.7. The van der Waals surface area contributed by atoms with Crippen molar-refractivity contribution < 1.29 is 5.11 Å². The van der Waals surface area contributed by atoms with Gasteiger partial charge >= 0.3 is 0 Å². The van der Waals surface area contributed by atoms with Crippen molar-refractivity contribution in [2.75, 3.05) is 20.6 Å². The molecule has 24 heavy (non-hydrogen) atoms. The predicted molar refractivity (Wildman–Crippen MR) is 100 cm³/mol. The molecule has 4 nitrogen and oxygen atoms in total. The van der Waals surface area contributed by atoms with Crippen LogP contribution in [0.3, 0.4) is 0 Å². The number of benzene rings is 2. The first-order chi connectivity index (χ1) is 11.6. The second kappa shape index (κ2) is 8.96. The van der Waals surface area contributed by atoms with Crippen LogP contribution in [0.5, 0.6) is 5.75 Å². The minimum absolute atomic E-state index is 0.315. The lowest BCUT2D eigenvalue weighted by Crippen LogP contribution is -2.39. The molecule has 2 N–H and O–H groups in total. The molecule has 0 aliphatic rings. The third-order valence-electron chi connectivity index (χ3n) is 3.98. The number of aryl methyl sites for hydroxylation is 2. The van der Waals surface area contributed by atoms with E-state index in [-0.39, 0.29) is 0 Å². The number of aromatic hydroxyl groups is 1. The van der Waals surface area contributed by atoms with Crippen molar-refractivity contribution in [2.45, 2.75) is 26.3 Å². The molecule has 0 atom stereocenters. The fourth-order valence-electron chi connectivity index (χ4n) is 2.58. The summed E-state index contributed by atoms with van der Waals surface area (Å²) in [6, 6.07) is 16.0. The predicted octanol–water partition coefficient (Wildman–Crippen LogP) is 3.34. The molecule has 0 aliphatic carbocycles. The number of phenols is 1. The molecule has 0 heterocycles. The van der Waals surface area contributed by atoms with E-state index in [9.17, 15) is 5.11 Å². The maximum atomic E-state index is 9.30. The Morgan fingerprint density at radius 2 is 1.67 bits per heavy atom. The van der Waals surface area contributed by atoms with Crippen molar-refractivity contribution in [3.05, 3.63) is 65.2 Å². The van der Waals surface area contributed by atoms with E-state index in [0.29, 0.717) is 5.75 Å². The fraction of sp³-hybridized carbons (Fsp3) is 0.350. The van der Waals surface area contributed by atoms with Gasteiger partial charge in [0, 0.05) is 27.2 Å². The van der Waals surface area contributed by atoms with Gasteiger partial charge in [-0.25, -0.2) is 0 Å². The quantitative estimate of drug-likeness (QED) is 0.486. The zero-order chi connectivity index (χ0) is 17.4. The first kappa shape index (κ1) is 17.9. The minimum atomic E-state index is 0.315. The van der Waals surface area contributed by atoms with E-state index in [0.717, 1.165) is 31.9 Å². The van der Waals surface area contributed by atoms with Crippen LogP contribution in [0.15, 0.2) is 53.5 Å². The highest BCUT2D eigenvalue weighted by atomic mass is 16.3. The number of nitrogens with zero attached hydrogens (tertiary/aromatic N) is 2. The maximum Gasteiger partial charge on any atom is 0.193 e. The second-order valence-corrected chi connectivity index (χ2v) is 6.09. The Kier molecular flexibility index (Phi) is 6.67. The molecule has 0 bridgehead atoms. The highest BCUT2D eigenvalue weighted by Gasteiger charge is 2.06. The molecule has 0 spiro atoms. The lowest BCUT2D eigenvalue weighted by molar-refractivity contribution is 0.474. The summed E-state index contributed by atoms with van der Waals surface area (Å²) >= 11 is 0. The summed E-state index contributed by atoms with van der Waals surface area (Å²) in [6.07, 6.45) is 1.99. The summed E-state index contributed by atoms with van der Waals surface area (Å²) in [6.45, 7) is 3.80. The second-order valence-electron chi connectivity index (χ2n) is 6.09. The van der Waals surface area contributed by atoms with E-state index in [1.807, 2.05) is 19.2 Å². The van der Waals surface area contributed by atoms with Gasteiger partial charge in [0.2, 0.25) is 0 Å². The van der Waals surface area contributed by atoms with Gasteiger partial charge < -0.3 is 15.3 Å². The van der Waals surface area contributed by atoms with Crippen LogP contribution in [0.2, 0.25) is 0 Å². The first-order valence-corrected chi connectivity index (χ1v) is 8.33. The molecule has 0 radical (unpaired) electrons. The van der Waals surface area contributed by atoms with Gasteiger partial charge in [-0.3, -0.25) is 4.99 Å². The Morgan fingerprint density at radius 1 is 1.04 bits per heavy atom. The third-order valence-corrected chi connectivity index (χ3v) is 3.98. The summed E-state index contributed by atoms with van der Waals surface area (Å²) in [4.78, 5) is 6.49. The molecule has 0 saturated heterocycles. The maximum absolute atomic E-state index is 9.30. The average molecular weight is 325 g/mol. The van der Waals surface area contributed by atoms with Crippen LogP contribution in [0.25, 0.3) is 0 Å². The average Bonchev–Trinajstić information content (AvgIpc) is 2.58. The molecular weight excluding hydrogens is 298 g/mol. The molecule has 0 saturated carbocycles. The highest BCUT2D eigenvalue weighted by molar-refractivity contribution is 5.79. The van der Waals surface area contributed by atoms with Gasteiger partial charge in [-0.15, -0.1) is 0 Å². The molecule has 2 aromatic rings. The molecule has 0 unspecified atom stereocenters. The molecule has 0 amide bonds. The van der Waals surface area contributed by atoms with Crippen LogP contribution in [0.4, 0.5) is 0 Å². The van der Waals surface area contributed by atoms with Crippen LogP contribution in [-0.4, -0.2) is 36.6 Å². The molecule has 128 valence electrons. The molecule has 0 aliphatic heterocycles. The standard InChI is InChI=1S/C20H27N3O/c1-16-6-8-18(9-7-16)15-23(3)20(21-2)22-14-4-5-17-10-12-19(24)13-11-17/h6-13,24H,4-5,14-15H2,1-3H3,(H,21,22). The number of hydrogen-bond acceptors (Lipinski definition) is 2. The lowest BCUT2D eigenvalue weighted by Gasteiger charge is -2.22. The van der Waals surface area contributed by atoms with Gasteiger partial charge in [0.25, 0.3) is 0 Å². The smallest absolute Gasteiger partial charge is 0.193 e. The summed E-state index contributed by atoms with van der Waals surface area (Å²) in [7, 11) is 3.86. The Balaban J connectivity index is 1.76. The summed E-state index contributed by atoms with van der Waals surface area (Å²) < 4.78 is 0. The Morgan fingerprint density at radius 3 is 2.29 bits per heavy atom. The van der Waals surface area contributed by atoms with E-state index < -0.39 is 0 Å². The molecule has 2 rings (SSSR count). The van der Waals surface area contributed by atoms with E-state index in [1.165, 1.54) is 16.7 Å². The number of aliphatic imine (C=N–C) groups is 1. The monoisotopic (exact) mass is 325 g/mol. The van der Waals surface area contributed by atoms with Crippen molar-refractivity contribution in [3.63, 3.8) is 0 Å². The van der Waals surface area contributed by atoms with E-state index in [4.69, 9.17) is 0 Å². The van der Waals surface area contributed by atoms with E-state index >= 15 is 0 Å². The van der Waals surface area contributed by atoms with Crippen molar-refractivity contribution in [1.29, 1.82) is 0 Å². The summed E-state index contributed by atoms with van der Waals surface area (Å²) in [5.41, 5.74) is 3.78. The van der Waals surface area contributed by atoms with Gasteiger partial charge in [-0.2, -0.15) is 0 Å². The van der Waals surface area contributed by atoms with Crippen LogP contribution >= 0.6 is 0 Å². The third kappa shape index (κ3) is 5.61. The topological polar surface area (TPSA) is 47.9 Å². The van der Waals surface area contributed by atoms with Gasteiger partial charge in [0.1, 0.15) is 5.75 Å². The van der Waals surface area contributed by atoms with Gasteiger partial charge in [-0.1, -0.05) is 42.0 Å². The summed E-state index contributed by atoms with van der Waals surface area (Å²) in [5.74, 6) is 1.22. The van der Waals surface area contributed by atoms with Gasteiger partial charge in [0.05, 0.1) is 0 Å². The Hall–Kier alpha value is -2.49. The molecule has 0 fully saturated rings. The molecule has 2 aromatic carbocycles. The number of hydrogen-bond donors (Lipinski definition) is 2. The number of guanidine groups is 1. The SMILES string of the molecule is CN=C(NCCCc1ccc(O)cc1)N(C)Cc1ccc(C)cc1. The normalized spacial score (nSPS) is 11.4. The lowest BCUT2D eigenvalue weighted by atomic mass is 10.1. The first-order valence-electron chi connectivity index (χ1n) is 8.33. The largest absolute Gasteiger partial charge is 0.508 e. The number of rotatable bonds is 6. The van der Waals surface area contributed by atoms with Crippen molar-refractivity contribution in [3.8, 4) is 5.75 Å². The fourth-order valence-corrected chi connectivity index (χ4v) is 2.58. The number of phenolic OH excluding ortho intramolecular Hbond substituents is 1. The van der Waals surface area contributed by atoms with E-state index in [2.05, 4.69) is 53.4 Å². The van der Waals surface area contributed by atoms with E-state index in [1.54, 1.807) is 12.1 Å². The van der Waals surface area contributed by atoms with Crippen molar-refractivity contribution in [1.82, 2.24) is 10.2 Å². The van der Waals surface area contributed by atoms with Crippen LogP contribution < -0.4 is 5.32 Å². The highest BCUT2D eigenvalue weighted by Crippen LogP contribution is 2.11. The van der Waals surface area contributed by atoms with Crippen LogP contribution in [0.1, 0.15) is 23.1 Å². The van der Waals surface area contributed by atoms with Crippen LogP contribution in [-0.2, 0) is 13.0 Å². The number of nitrogens with one attached hydrogen (secondary N) is 1. The van der Waals surface area contributed by atoms with Gasteiger partial charge in [-0.05, 0) is 43.0 Å². The Bertz CT molecular complexity index is 648. The Labute approximate surface area is 144 Å². The van der Waals surface area contributed by atoms with Crippen LogP contribution in [0, 0.1) is 6.92 Å². The zero-order valence-electron chi connectivity index (χ0n) is 14.8. The molecular formula is C20H27N3O. The minimum Gasteiger partial charge on any atom is -0.508 e.